The number of nitrogens with one attached hydrogen (secondary N) is 1. The lowest BCUT2D eigenvalue weighted by Crippen LogP contribution is -2.12. The van der Waals surface area contributed by atoms with Crippen molar-refractivity contribution in [3.05, 3.63) is 65.7 Å². The highest BCUT2D eigenvalue weighted by molar-refractivity contribution is 7.86. The number of carboxylic acids is 1. The van der Waals surface area contributed by atoms with Gasteiger partial charge in [0, 0.05) is 12.2 Å². The minimum atomic E-state index is -3.51. The van der Waals surface area contributed by atoms with Crippen molar-refractivity contribution >= 4 is 27.9 Å². The standard InChI is InChI=1S/C20H23NO5S/c1-15(20(22)23)14-17-5-9-18(10-6-17)21-13-3-4-16-7-11-19(12-8-16)26-27(2,24)25/h3-12,15,21H,13-14H2,1-2H3,(H,22,23)/b4-3+/t15-/m1/s1. The van der Waals surface area contributed by atoms with Gasteiger partial charge in [-0.15, -0.1) is 0 Å². The number of carbonyl (C=O) groups is 1. The average molecular weight is 389 g/mol. The fraction of sp³-hybridized carbons (Fsp3) is 0.250. The number of carboxylic acid groups (broad SMARTS) is 1. The minimum Gasteiger partial charge on any atom is -0.481 e. The van der Waals surface area contributed by atoms with E-state index in [9.17, 15) is 13.2 Å². The van der Waals surface area contributed by atoms with Gasteiger partial charge in [-0.25, -0.2) is 0 Å². The van der Waals surface area contributed by atoms with Crippen LogP contribution < -0.4 is 9.50 Å². The van der Waals surface area contributed by atoms with E-state index in [1.807, 2.05) is 36.4 Å². The molecule has 0 amide bonds. The predicted octanol–water partition coefficient (Wildman–Crippen LogP) is 3.41. The second-order valence-corrected chi connectivity index (χ2v) is 7.86. The summed E-state index contributed by atoms with van der Waals surface area (Å²) in [5.74, 6) is -0.913. The summed E-state index contributed by atoms with van der Waals surface area (Å²) in [6.07, 6.45) is 5.38. The first-order valence-corrected chi connectivity index (χ1v) is 10.3. The molecule has 0 spiro atoms. The van der Waals surface area contributed by atoms with Gasteiger partial charge in [-0.05, 0) is 41.8 Å². The third kappa shape index (κ3) is 7.53. The molecule has 0 saturated carbocycles. The quantitative estimate of drug-likeness (QED) is 0.639. The molecule has 0 bridgehead atoms. The smallest absolute Gasteiger partial charge is 0.306 e. The van der Waals surface area contributed by atoms with Crippen LogP contribution in [-0.4, -0.2) is 32.3 Å². The molecule has 0 aliphatic rings. The average Bonchev–Trinajstić information content (AvgIpc) is 2.60. The molecule has 7 heteroatoms. The topological polar surface area (TPSA) is 92.7 Å². The van der Waals surface area contributed by atoms with E-state index < -0.39 is 22.0 Å². The molecule has 144 valence electrons. The van der Waals surface area contributed by atoms with Crippen LogP contribution in [0.4, 0.5) is 5.69 Å². The lowest BCUT2D eigenvalue weighted by Gasteiger charge is -2.08. The minimum absolute atomic E-state index is 0.282. The molecule has 27 heavy (non-hydrogen) atoms. The third-order valence-corrected chi connectivity index (χ3v) is 4.27. The highest BCUT2D eigenvalue weighted by atomic mass is 32.2. The van der Waals surface area contributed by atoms with Crippen LogP contribution in [0.3, 0.4) is 0 Å². The molecule has 0 heterocycles. The van der Waals surface area contributed by atoms with Crippen molar-refractivity contribution in [1.82, 2.24) is 0 Å². The third-order valence-electron chi connectivity index (χ3n) is 3.78. The van der Waals surface area contributed by atoms with Crippen LogP contribution in [0, 0.1) is 5.92 Å². The number of aliphatic carboxylic acids is 1. The number of hydrogen-bond acceptors (Lipinski definition) is 5. The second kappa shape index (κ2) is 9.23. The summed E-state index contributed by atoms with van der Waals surface area (Å²) in [5, 5.41) is 12.2. The first kappa shape index (κ1) is 20.5. The van der Waals surface area contributed by atoms with Crippen LogP contribution >= 0.6 is 0 Å². The molecule has 1 atom stereocenters. The van der Waals surface area contributed by atoms with Crippen LogP contribution in [0.2, 0.25) is 0 Å². The molecule has 0 saturated heterocycles. The van der Waals surface area contributed by atoms with Gasteiger partial charge in [-0.1, -0.05) is 43.3 Å². The van der Waals surface area contributed by atoms with Crippen LogP contribution in [0.25, 0.3) is 6.08 Å². The van der Waals surface area contributed by atoms with E-state index in [0.717, 1.165) is 23.1 Å². The maximum Gasteiger partial charge on any atom is 0.306 e. The Labute approximate surface area is 159 Å². The van der Waals surface area contributed by atoms with Gasteiger partial charge in [0.1, 0.15) is 5.75 Å². The Morgan fingerprint density at radius 2 is 1.78 bits per heavy atom. The lowest BCUT2D eigenvalue weighted by atomic mass is 10.0. The van der Waals surface area contributed by atoms with E-state index in [-0.39, 0.29) is 5.75 Å². The summed E-state index contributed by atoms with van der Waals surface area (Å²) in [4.78, 5) is 10.9. The first-order chi connectivity index (χ1) is 12.7. The van der Waals surface area contributed by atoms with Crippen LogP contribution in [0.5, 0.6) is 5.75 Å². The first-order valence-electron chi connectivity index (χ1n) is 8.44. The Hall–Kier alpha value is -2.80. The van der Waals surface area contributed by atoms with Gasteiger partial charge in [-0.3, -0.25) is 4.79 Å². The largest absolute Gasteiger partial charge is 0.481 e. The van der Waals surface area contributed by atoms with E-state index in [4.69, 9.17) is 9.29 Å². The summed E-state index contributed by atoms with van der Waals surface area (Å²) in [6, 6.07) is 14.4. The summed E-state index contributed by atoms with van der Waals surface area (Å²) < 4.78 is 26.9. The number of benzene rings is 2. The molecular formula is C20H23NO5S. The second-order valence-electron chi connectivity index (χ2n) is 6.28. The zero-order chi connectivity index (χ0) is 19.9. The summed E-state index contributed by atoms with van der Waals surface area (Å²) in [5.41, 5.74) is 2.86. The maximum atomic E-state index is 11.1. The lowest BCUT2D eigenvalue weighted by molar-refractivity contribution is -0.141. The van der Waals surface area contributed by atoms with Crippen molar-refractivity contribution in [2.24, 2.45) is 5.92 Å². The molecule has 2 rings (SSSR count). The normalized spacial score (nSPS) is 12.7. The van der Waals surface area contributed by atoms with Crippen molar-refractivity contribution in [3.8, 4) is 5.75 Å². The van der Waals surface area contributed by atoms with E-state index in [2.05, 4.69) is 5.32 Å². The number of anilines is 1. The van der Waals surface area contributed by atoms with Crippen molar-refractivity contribution in [3.63, 3.8) is 0 Å². The zero-order valence-electron chi connectivity index (χ0n) is 15.3. The van der Waals surface area contributed by atoms with Crippen molar-refractivity contribution in [2.45, 2.75) is 13.3 Å². The van der Waals surface area contributed by atoms with Gasteiger partial charge < -0.3 is 14.6 Å². The summed E-state index contributed by atoms with van der Waals surface area (Å²) in [6.45, 7) is 2.31. The molecule has 0 unspecified atom stereocenters. The van der Waals surface area contributed by atoms with Crippen LogP contribution in [0.1, 0.15) is 18.1 Å². The molecule has 6 nitrogen and oxygen atoms in total. The van der Waals surface area contributed by atoms with E-state index in [0.29, 0.717) is 13.0 Å². The Bertz CT molecular complexity index is 887. The highest BCUT2D eigenvalue weighted by Crippen LogP contribution is 2.15. The Morgan fingerprint density at radius 1 is 1.15 bits per heavy atom. The molecule has 2 aromatic carbocycles. The molecule has 2 aromatic rings. The zero-order valence-corrected chi connectivity index (χ0v) is 16.1. The SMILES string of the molecule is C[C@H](Cc1ccc(NC/C=C/c2ccc(OS(C)(=O)=O)cc2)cc1)C(=O)O. The molecule has 2 N–H and O–H groups in total. The maximum absolute atomic E-state index is 11.1. The highest BCUT2D eigenvalue weighted by Gasteiger charge is 2.11. The number of hydrogen-bond donors (Lipinski definition) is 2. The molecule has 0 aliphatic heterocycles. The fourth-order valence-corrected chi connectivity index (χ4v) is 2.84. The number of rotatable bonds is 9. The summed E-state index contributed by atoms with van der Waals surface area (Å²) >= 11 is 0. The molecule has 0 aliphatic carbocycles. The fourth-order valence-electron chi connectivity index (χ4n) is 2.38. The molecule has 0 aromatic heterocycles. The van der Waals surface area contributed by atoms with E-state index >= 15 is 0 Å². The Morgan fingerprint density at radius 3 is 2.33 bits per heavy atom. The van der Waals surface area contributed by atoms with Crippen molar-refractivity contribution < 1.29 is 22.5 Å². The van der Waals surface area contributed by atoms with Crippen molar-refractivity contribution in [2.75, 3.05) is 18.1 Å². The molecule has 0 fully saturated rings. The van der Waals surface area contributed by atoms with E-state index in [1.54, 1.807) is 31.2 Å². The van der Waals surface area contributed by atoms with Gasteiger partial charge in [0.15, 0.2) is 0 Å². The Kier molecular flexibility index (Phi) is 7.01. The van der Waals surface area contributed by atoms with Crippen LogP contribution in [-0.2, 0) is 21.3 Å². The van der Waals surface area contributed by atoms with Crippen molar-refractivity contribution in [1.29, 1.82) is 0 Å². The monoisotopic (exact) mass is 389 g/mol. The van der Waals surface area contributed by atoms with Crippen LogP contribution in [0.15, 0.2) is 54.6 Å². The molecular weight excluding hydrogens is 366 g/mol. The van der Waals surface area contributed by atoms with Gasteiger partial charge in [-0.2, -0.15) is 8.42 Å². The van der Waals surface area contributed by atoms with Gasteiger partial charge in [0.25, 0.3) is 0 Å². The van der Waals surface area contributed by atoms with Gasteiger partial charge in [0.05, 0.1) is 12.2 Å². The molecule has 0 radical (unpaired) electrons. The summed E-state index contributed by atoms with van der Waals surface area (Å²) in [7, 11) is -3.51. The van der Waals surface area contributed by atoms with E-state index in [1.165, 1.54) is 0 Å². The van der Waals surface area contributed by atoms with Gasteiger partial charge in [0.2, 0.25) is 0 Å². The van der Waals surface area contributed by atoms with Gasteiger partial charge >= 0.3 is 16.1 Å². The predicted molar refractivity (Wildman–Crippen MR) is 106 cm³/mol. The Balaban J connectivity index is 1.82.